The molecule has 9 nitrogen and oxygen atoms in total. The standard InChI is InChI=1S/C19H28N4O5S/c1-14(2)18-19(25)20-6-7-22(18)13-17(24)21-15-4-3-5-16(12-15)29(26,27)23-8-10-28-11-9-23/h3-5,12,14,18H,6-11,13H2,1-2H3,(H,20,25)(H,21,24). The molecule has 0 aromatic heterocycles. The zero-order chi connectivity index (χ0) is 21.0. The molecule has 2 aliphatic heterocycles. The first-order valence-corrected chi connectivity index (χ1v) is 11.2. The molecule has 0 aliphatic carbocycles. The van der Waals surface area contributed by atoms with Gasteiger partial charge in [-0.3, -0.25) is 14.5 Å². The van der Waals surface area contributed by atoms with Crippen LogP contribution in [0.25, 0.3) is 0 Å². The van der Waals surface area contributed by atoms with Gasteiger partial charge in [-0.15, -0.1) is 0 Å². The third kappa shape index (κ3) is 5.13. The zero-order valence-electron chi connectivity index (χ0n) is 16.8. The molecule has 160 valence electrons. The van der Waals surface area contributed by atoms with Crippen molar-refractivity contribution in [2.45, 2.75) is 24.8 Å². The molecule has 0 radical (unpaired) electrons. The number of carbonyl (C=O) groups is 2. The molecule has 0 spiro atoms. The SMILES string of the molecule is CC(C)C1C(=O)NCCN1CC(=O)Nc1cccc(S(=O)(=O)N2CCOCC2)c1. The maximum atomic E-state index is 12.8. The second-order valence-electron chi connectivity index (χ2n) is 7.54. The monoisotopic (exact) mass is 424 g/mol. The number of hydrogen-bond donors (Lipinski definition) is 2. The Labute approximate surface area is 171 Å². The summed E-state index contributed by atoms with van der Waals surface area (Å²) in [7, 11) is -3.64. The Bertz CT molecular complexity index is 852. The Hall–Kier alpha value is -2.01. The van der Waals surface area contributed by atoms with Gasteiger partial charge in [0.1, 0.15) is 0 Å². The van der Waals surface area contributed by atoms with E-state index in [9.17, 15) is 18.0 Å². The van der Waals surface area contributed by atoms with Gasteiger partial charge in [-0.25, -0.2) is 8.42 Å². The van der Waals surface area contributed by atoms with Crippen LogP contribution in [0.2, 0.25) is 0 Å². The van der Waals surface area contributed by atoms with E-state index in [2.05, 4.69) is 10.6 Å². The number of piperazine rings is 1. The molecule has 2 aliphatic rings. The fourth-order valence-electron chi connectivity index (χ4n) is 3.69. The van der Waals surface area contributed by atoms with E-state index in [0.717, 1.165) is 0 Å². The van der Waals surface area contributed by atoms with Gasteiger partial charge in [0, 0.05) is 31.9 Å². The van der Waals surface area contributed by atoms with E-state index in [1.54, 1.807) is 12.1 Å². The summed E-state index contributed by atoms with van der Waals surface area (Å²) in [6.07, 6.45) is 0. The van der Waals surface area contributed by atoms with Crippen molar-refractivity contribution in [3.05, 3.63) is 24.3 Å². The molecule has 2 heterocycles. The second kappa shape index (κ2) is 9.21. The minimum Gasteiger partial charge on any atom is -0.379 e. The van der Waals surface area contributed by atoms with Gasteiger partial charge in [0.05, 0.1) is 30.7 Å². The molecule has 0 bridgehead atoms. The number of ether oxygens (including phenoxy) is 1. The summed E-state index contributed by atoms with van der Waals surface area (Å²) >= 11 is 0. The molecule has 1 aromatic carbocycles. The largest absolute Gasteiger partial charge is 0.379 e. The number of nitrogens with one attached hydrogen (secondary N) is 2. The van der Waals surface area contributed by atoms with Gasteiger partial charge in [-0.2, -0.15) is 4.31 Å². The molecule has 29 heavy (non-hydrogen) atoms. The predicted octanol–water partition coefficient (Wildman–Crippen LogP) is 0.102. The van der Waals surface area contributed by atoms with Crippen LogP contribution in [0.4, 0.5) is 5.69 Å². The van der Waals surface area contributed by atoms with Crippen LogP contribution in [0.3, 0.4) is 0 Å². The Morgan fingerprint density at radius 1 is 1.28 bits per heavy atom. The molecule has 2 N–H and O–H groups in total. The average Bonchev–Trinajstić information content (AvgIpc) is 2.68. The molecule has 10 heteroatoms. The molecular formula is C19H28N4O5S. The molecule has 1 aromatic rings. The van der Waals surface area contributed by atoms with Crippen molar-refractivity contribution < 1.29 is 22.7 Å². The van der Waals surface area contributed by atoms with Crippen LogP contribution in [-0.2, 0) is 24.3 Å². The Balaban J connectivity index is 1.68. The topological polar surface area (TPSA) is 108 Å². The Kier molecular flexibility index (Phi) is 6.89. The first kappa shape index (κ1) is 21.7. The van der Waals surface area contributed by atoms with Crippen molar-refractivity contribution in [1.29, 1.82) is 0 Å². The van der Waals surface area contributed by atoms with Crippen LogP contribution >= 0.6 is 0 Å². The van der Waals surface area contributed by atoms with E-state index in [4.69, 9.17) is 4.74 Å². The normalized spacial score (nSPS) is 21.8. The van der Waals surface area contributed by atoms with Crippen molar-refractivity contribution in [2.75, 3.05) is 51.3 Å². The number of amides is 2. The molecule has 2 fully saturated rings. The van der Waals surface area contributed by atoms with Crippen LogP contribution < -0.4 is 10.6 Å². The van der Waals surface area contributed by atoms with E-state index in [-0.39, 0.29) is 35.2 Å². The van der Waals surface area contributed by atoms with Crippen molar-refractivity contribution in [3.8, 4) is 0 Å². The minimum absolute atomic E-state index is 0.0662. The predicted molar refractivity (Wildman–Crippen MR) is 108 cm³/mol. The summed E-state index contributed by atoms with van der Waals surface area (Å²) in [4.78, 5) is 26.7. The van der Waals surface area contributed by atoms with Crippen molar-refractivity contribution in [1.82, 2.24) is 14.5 Å². The van der Waals surface area contributed by atoms with Crippen LogP contribution in [0, 0.1) is 5.92 Å². The van der Waals surface area contributed by atoms with E-state index < -0.39 is 10.0 Å². The zero-order valence-corrected chi connectivity index (χ0v) is 17.6. The summed E-state index contributed by atoms with van der Waals surface area (Å²) < 4.78 is 32.2. The van der Waals surface area contributed by atoms with Crippen LogP contribution in [0.15, 0.2) is 29.2 Å². The Morgan fingerprint density at radius 3 is 2.69 bits per heavy atom. The highest BCUT2D eigenvalue weighted by Gasteiger charge is 2.33. The lowest BCUT2D eigenvalue weighted by molar-refractivity contribution is -0.132. The number of rotatable bonds is 6. The van der Waals surface area contributed by atoms with E-state index >= 15 is 0 Å². The highest BCUT2D eigenvalue weighted by Crippen LogP contribution is 2.21. The van der Waals surface area contributed by atoms with E-state index in [1.165, 1.54) is 16.4 Å². The molecule has 0 saturated carbocycles. The lowest BCUT2D eigenvalue weighted by Crippen LogP contribution is -2.58. The number of benzene rings is 1. The third-order valence-electron chi connectivity index (χ3n) is 5.06. The van der Waals surface area contributed by atoms with Gasteiger partial charge in [-0.05, 0) is 24.1 Å². The van der Waals surface area contributed by atoms with Crippen LogP contribution in [0.5, 0.6) is 0 Å². The number of hydrogen-bond acceptors (Lipinski definition) is 6. The van der Waals surface area contributed by atoms with Crippen LogP contribution in [-0.4, -0.2) is 81.4 Å². The van der Waals surface area contributed by atoms with Gasteiger partial charge in [0.2, 0.25) is 21.8 Å². The van der Waals surface area contributed by atoms with Gasteiger partial charge >= 0.3 is 0 Å². The molecule has 1 atom stereocenters. The van der Waals surface area contributed by atoms with Gasteiger partial charge in [0.25, 0.3) is 0 Å². The van der Waals surface area contributed by atoms with Gasteiger partial charge in [-0.1, -0.05) is 19.9 Å². The van der Waals surface area contributed by atoms with Crippen LogP contribution in [0.1, 0.15) is 13.8 Å². The number of morpholine rings is 1. The number of carbonyl (C=O) groups excluding carboxylic acids is 2. The minimum atomic E-state index is -3.64. The molecule has 3 rings (SSSR count). The Morgan fingerprint density at radius 2 is 2.00 bits per heavy atom. The smallest absolute Gasteiger partial charge is 0.243 e. The molecule has 2 amide bonds. The van der Waals surface area contributed by atoms with Crippen molar-refractivity contribution in [2.24, 2.45) is 5.92 Å². The van der Waals surface area contributed by atoms with Gasteiger partial charge < -0.3 is 15.4 Å². The molecule has 2 saturated heterocycles. The summed E-state index contributed by atoms with van der Waals surface area (Å²) in [5.41, 5.74) is 0.409. The van der Waals surface area contributed by atoms with E-state index in [0.29, 0.717) is 45.1 Å². The average molecular weight is 425 g/mol. The highest BCUT2D eigenvalue weighted by molar-refractivity contribution is 7.89. The molecule has 1 unspecified atom stereocenters. The quantitative estimate of drug-likeness (QED) is 0.671. The fraction of sp³-hybridized carbons (Fsp3) is 0.579. The van der Waals surface area contributed by atoms with Crippen molar-refractivity contribution in [3.63, 3.8) is 0 Å². The summed E-state index contributed by atoms with van der Waals surface area (Å²) in [5, 5.41) is 5.59. The fourth-order valence-corrected chi connectivity index (χ4v) is 5.14. The third-order valence-corrected chi connectivity index (χ3v) is 6.96. The first-order valence-electron chi connectivity index (χ1n) is 9.78. The number of anilines is 1. The number of nitrogens with zero attached hydrogens (tertiary/aromatic N) is 2. The first-order chi connectivity index (χ1) is 13.8. The maximum absolute atomic E-state index is 12.8. The summed E-state index contributed by atoms with van der Waals surface area (Å²) in [6, 6.07) is 5.88. The van der Waals surface area contributed by atoms with Gasteiger partial charge in [0.15, 0.2) is 0 Å². The lowest BCUT2D eigenvalue weighted by Gasteiger charge is -2.36. The van der Waals surface area contributed by atoms with E-state index in [1.807, 2.05) is 18.7 Å². The second-order valence-corrected chi connectivity index (χ2v) is 9.48. The number of sulfonamides is 1. The van der Waals surface area contributed by atoms with Crippen molar-refractivity contribution >= 4 is 27.5 Å². The summed E-state index contributed by atoms with van der Waals surface area (Å²) in [5.74, 6) is -0.283. The highest BCUT2D eigenvalue weighted by atomic mass is 32.2. The molecular weight excluding hydrogens is 396 g/mol. The lowest BCUT2D eigenvalue weighted by atomic mass is 10.00. The summed E-state index contributed by atoms with van der Waals surface area (Å²) in [6.45, 7) is 6.42. The maximum Gasteiger partial charge on any atom is 0.243 e.